The van der Waals surface area contributed by atoms with Gasteiger partial charge in [0, 0.05) is 30.9 Å². The van der Waals surface area contributed by atoms with Crippen molar-refractivity contribution < 1.29 is 9.53 Å². The molecular weight excluding hydrogens is 356 g/mol. The Morgan fingerprint density at radius 1 is 1.07 bits per heavy atom. The fraction of sp³-hybridized carbons (Fsp3) is 0.227. The van der Waals surface area contributed by atoms with E-state index in [0.29, 0.717) is 17.9 Å². The smallest absolute Gasteiger partial charge is 0.225 e. The summed E-state index contributed by atoms with van der Waals surface area (Å²) in [6.45, 7) is 2.73. The average molecular weight is 378 g/mol. The number of nitrogens with one attached hydrogen (secondary N) is 1. The highest BCUT2D eigenvalue weighted by Crippen LogP contribution is 2.29. The summed E-state index contributed by atoms with van der Waals surface area (Å²) in [7, 11) is 0. The second-order valence-electron chi connectivity index (χ2n) is 6.60. The molecule has 0 unspecified atom stereocenters. The van der Waals surface area contributed by atoms with E-state index < -0.39 is 0 Å². The molecule has 1 aromatic heterocycles. The lowest BCUT2D eigenvalue weighted by Gasteiger charge is -2.26. The van der Waals surface area contributed by atoms with Crippen molar-refractivity contribution in [1.82, 2.24) is 4.90 Å². The molecule has 3 aromatic rings. The normalized spacial score (nSPS) is 13.8. The molecule has 1 aliphatic rings. The summed E-state index contributed by atoms with van der Waals surface area (Å²) in [6.07, 6.45) is 1.56. The third-order valence-corrected chi connectivity index (χ3v) is 5.70. The number of nitrogens with zero attached hydrogens (tertiary/aromatic N) is 1. The van der Waals surface area contributed by atoms with E-state index in [1.165, 1.54) is 10.4 Å². The SMILES string of the molecule is O=C(CCN1CCc2sccc2C1)Nc1ccccc1Oc1ccccc1. The molecule has 4 rings (SSSR count). The molecule has 5 heteroatoms. The van der Waals surface area contributed by atoms with Crippen molar-refractivity contribution in [2.75, 3.05) is 18.4 Å². The van der Waals surface area contributed by atoms with Crippen LogP contribution in [0.25, 0.3) is 0 Å². The molecule has 0 fully saturated rings. The Balaban J connectivity index is 1.33. The fourth-order valence-electron chi connectivity index (χ4n) is 3.24. The maximum atomic E-state index is 12.5. The Hall–Kier alpha value is -2.63. The second-order valence-corrected chi connectivity index (χ2v) is 7.61. The molecule has 0 spiro atoms. The van der Waals surface area contributed by atoms with Gasteiger partial charge in [-0.3, -0.25) is 9.69 Å². The fourth-order valence-corrected chi connectivity index (χ4v) is 4.13. The van der Waals surface area contributed by atoms with Crippen LogP contribution in [0.4, 0.5) is 5.69 Å². The molecule has 0 radical (unpaired) electrons. The maximum absolute atomic E-state index is 12.5. The predicted octanol–water partition coefficient (Wildman–Crippen LogP) is 4.93. The molecule has 0 saturated heterocycles. The van der Waals surface area contributed by atoms with Crippen molar-refractivity contribution in [1.29, 1.82) is 0 Å². The van der Waals surface area contributed by atoms with E-state index in [9.17, 15) is 4.79 Å². The number of thiophene rings is 1. The largest absolute Gasteiger partial charge is 0.455 e. The molecular formula is C22H22N2O2S. The maximum Gasteiger partial charge on any atom is 0.225 e. The first-order valence-electron chi connectivity index (χ1n) is 9.17. The van der Waals surface area contributed by atoms with Crippen molar-refractivity contribution in [2.45, 2.75) is 19.4 Å². The lowest BCUT2D eigenvalue weighted by atomic mass is 10.1. The number of hydrogen-bond donors (Lipinski definition) is 1. The summed E-state index contributed by atoms with van der Waals surface area (Å²) in [5.74, 6) is 1.41. The van der Waals surface area contributed by atoms with Crippen LogP contribution in [-0.2, 0) is 17.8 Å². The van der Waals surface area contributed by atoms with Crippen molar-refractivity contribution >= 4 is 22.9 Å². The van der Waals surface area contributed by atoms with Crippen LogP contribution in [0.5, 0.6) is 11.5 Å². The van der Waals surface area contributed by atoms with Gasteiger partial charge in [0.15, 0.2) is 5.75 Å². The van der Waals surface area contributed by atoms with Gasteiger partial charge in [-0.2, -0.15) is 0 Å². The summed E-state index contributed by atoms with van der Waals surface area (Å²) >= 11 is 1.84. The van der Waals surface area contributed by atoms with E-state index in [1.807, 2.05) is 65.9 Å². The van der Waals surface area contributed by atoms with Gasteiger partial charge in [-0.1, -0.05) is 30.3 Å². The Bertz CT molecular complexity index is 907. The van der Waals surface area contributed by atoms with Crippen LogP contribution >= 0.6 is 11.3 Å². The number of fused-ring (bicyclic) bond motifs is 1. The van der Waals surface area contributed by atoms with Gasteiger partial charge >= 0.3 is 0 Å². The first kappa shape index (κ1) is 17.8. The quantitative estimate of drug-likeness (QED) is 0.661. The minimum atomic E-state index is 0.00947. The van der Waals surface area contributed by atoms with Crippen molar-refractivity contribution in [3.8, 4) is 11.5 Å². The van der Waals surface area contributed by atoms with E-state index in [-0.39, 0.29) is 5.91 Å². The number of benzene rings is 2. The monoisotopic (exact) mass is 378 g/mol. The topological polar surface area (TPSA) is 41.6 Å². The predicted molar refractivity (Wildman–Crippen MR) is 110 cm³/mol. The highest BCUT2D eigenvalue weighted by molar-refractivity contribution is 7.10. The van der Waals surface area contributed by atoms with E-state index in [0.717, 1.165) is 31.8 Å². The van der Waals surface area contributed by atoms with Crippen LogP contribution in [0, 0.1) is 0 Å². The van der Waals surface area contributed by atoms with Crippen LogP contribution in [0.3, 0.4) is 0 Å². The minimum absolute atomic E-state index is 0.00947. The summed E-state index contributed by atoms with van der Waals surface area (Å²) in [6, 6.07) is 19.3. The van der Waals surface area contributed by atoms with E-state index >= 15 is 0 Å². The molecule has 0 aliphatic carbocycles. The van der Waals surface area contributed by atoms with Crippen LogP contribution < -0.4 is 10.1 Å². The number of hydrogen-bond acceptors (Lipinski definition) is 4. The Labute approximate surface area is 163 Å². The molecule has 1 N–H and O–H groups in total. The molecule has 1 aliphatic heterocycles. The molecule has 138 valence electrons. The highest BCUT2D eigenvalue weighted by Gasteiger charge is 2.18. The number of amides is 1. The van der Waals surface area contributed by atoms with Gasteiger partial charge in [-0.15, -0.1) is 11.3 Å². The summed E-state index contributed by atoms with van der Waals surface area (Å²) in [5.41, 5.74) is 2.11. The van der Waals surface area contributed by atoms with Gasteiger partial charge in [-0.05, 0) is 47.7 Å². The molecule has 1 amide bonds. The van der Waals surface area contributed by atoms with Crippen molar-refractivity contribution in [3.05, 3.63) is 76.5 Å². The second kappa shape index (κ2) is 8.37. The van der Waals surface area contributed by atoms with Crippen LogP contribution in [0.15, 0.2) is 66.0 Å². The third-order valence-electron chi connectivity index (χ3n) is 4.67. The van der Waals surface area contributed by atoms with Gasteiger partial charge in [0.25, 0.3) is 0 Å². The molecule has 27 heavy (non-hydrogen) atoms. The molecule has 2 heterocycles. The molecule has 0 saturated carbocycles. The molecule has 2 aromatic carbocycles. The van der Waals surface area contributed by atoms with Crippen LogP contribution in [0.1, 0.15) is 16.9 Å². The van der Waals surface area contributed by atoms with Gasteiger partial charge in [0.1, 0.15) is 5.75 Å². The van der Waals surface area contributed by atoms with E-state index in [1.54, 1.807) is 0 Å². The Kier molecular flexibility index (Phi) is 5.51. The Morgan fingerprint density at radius 3 is 2.78 bits per heavy atom. The zero-order chi connectivity index (χ0) is 18.5. The third kappa shape index (κ3) is 4.56. The highest BCUT2D eigenvalue weighted by atomic mass is 32.1. The van der Waals surface area contributed by atoms with Crippen LogP contribution in [-0.4, -0.2) is 23.9 Å². The zero-order valence-corrected chi connectivity index (χ0v) is 15.9. The summed E-state index contributed by atoms with van der Waals surface area (Å²) in [4.78, 5) is 16.3. The molecule has 4 nitrogen and oxygen atoms in total. The minimum Gasteiger partial charge on any atom is -0.455 e. The standard InChI is InChI=1S/C22H22N2O2S/c25-22(11-14-24-13-10-21-17(16-24)12-15-27-21)23-19-8-4-5-9-20(19)26-18-6-2-1-3-7-18/h1-9,12,15H,10-11,13-14,16H2,(H,23,25). The van der Waals surface area contributed by atoms with E-state index in [2.05, 4.69) is 21.7 Å². The number of anilines is 1. The van der Waals surface area contributed by atoms with Crippen molar-refractivity contribution in [2.24, 2.45) is 0 Å². The molecule has 0 bridgehead atoms. The number of carbonyl (C=O) groups is 1. The first-order chi connectivity index (χ1) is 13.3. The Morgan fingerprint density at radius 2 is 1.89 bits per heavy atom. The number of ether oxygens (including phenoxy) is 1. The lowest BCUT2D eigenvalue weighted by molar-refractivity contribution is -0.116. The lowest BCUT2D eigenvalue weighted by Crippen LogP contribution is -2.32. The van der Waals surface area contributed by atoms with Gasteiger partial charge < -0.3 is 10.1 Å². The molecule has 0 atom stereocenters. The van der Waals surface area contributed by atoms with Gasteiger partial charge in [-0.25, -0.2) is 0 Å². The van der Waals surface area contributed by atoms with Crippen LogP contribution in [0.2, 0.25) is 0 Å². The summed E-state index contributed by atoms with van der Waals surface area (Å²) < 4.78 is 5.91. The van der Waals surface area contributed by atoms with Gasteiger partial charge in [0.2, 0.25) is 5.91 Å². The average Bonchev–Trinajstić information content (AvgIpc) is 3.17. The zero-order valence-electron chi connectivity index (χ0n) is 15.1. The number of rotatable bonds is 6. The van der Waals surface area contributed by atoms with E-state index in [4.69, 9.17) is 4.74 Å². The first-order valence-corrected chi connectivity index (χ1v) is 10.1. The number of para-hydroxylation sites is 3. The van der Waals surface area contributed by atoms with Crippen molar-refractivity contribution in [3.63, 3.8) is 0 Å². The summed E-state index contributed by atoms with van der Waals surface area (Å²) in [5, 5.41) is 5.15. The van der Waals surface area contributed by atoms with Gasteiger partial charge in [0.05, 0.1) is 5.69 Å². The number of carbonyl (C=O) groups excluding carboxylic acids is 1.